The number of hydrogen-bond donors (Lipinski definition) is 2. The highest BCUT2D eigenvalue weighted by atomic mass is 19.1. The molecule has 3 fully saturated rings. The summed E-state index contributed by atoms with van der Waals surface area (Å²) in [7, 11) is 0. The summed E-state index contributed by atoms with van der Waals surface area (Å²) in [5, 5.41) is 6.91. The number of halogens is 1. The quantitative estimate of drug-likeness (QED) is 0.522. The van der Waals surface area contributed by atoms with E-state index < -0.39 is 0 Å². The third-order valence-electron chi connectivity index (χ3n) is 7.32. The number of nitrogens with zero attached hydrogens (tertiary/aromatic N) is 2. The standard InChI is InChI=1S/C25H37FN4O2/c1-2-27-24(29-22-10-13-30(17-22)23(31)19-6-3-4-7-19)28-18-25(11-14-32-15-12-25)20-8-5-9-21(26)16-20/h5,8-9,16,19,22H,2-4,6-7,10-15,17-18H2,1H3,(H2,27,28,29). The first-order chi connectivity index (χ1) is 15.6. The van der Waals surface area contributed by atoms with Gasteiger partial charge in [0.15, 0.2) is 5.96 Å². The molecule has 176 valence electrons. The molecule has 4 rings (SSSR count). The Morgan fingerprint density at radius 2 is 2.03 bits per heavy atom. The van der Waals surface area contributed by atoms with E-state index in [9.17, 15) is 9.18 Å². The van der Waals surface area contributed by atoms with Crippen LogP contribution in [-0.2, 0) is 14.9 Å². The van der Waals surface area contributed by atoms with E-state index in [-0.39, 0.29) is 23.2 Å². The van der Waals surface area contributed by atoms with Crippen LogP contribution in [0.3, 0.4) is 0 Å². The molecule has 0 radical (unpaired) electrons. The number of amides is 1. The lowest BCUT2D eigenvalue weighted by atomic mass is 9.74. The minimum absolute atomic E-state index is 0.206. The topological polar surface area (TPSA) is 66.0 Å². The van der Waals surface area contributed by atoms with Gasteiger partial charge in [-0.15, -0.1) is 0 Å². The van der Waals surface area contributed by atoms with Gasteiger partial charge in [-0.1, -0.05) is 25.0 Å². The Bertz CT molecular complexity index is 803. The monoisotopic (exact) mass is 444 g/mol. The molecule has 2 aliphatic heterocycles. The number of hydrogen-bond acceptors (Lipinski definition) is 3. The molecule has 0 spiro atoms. The summed E-state index contributed by atoms with van der Waals surface area (Å²) in [4.78, 5) is 19.7. The molecule has 1 atom stereocenters. The molecule has 1 aliphatic carbocycles. The third kappa shape index (κ3) is 5.42. The Morgan fingerprint density at radius 1 is 1.25 bits per heavy atom. The summed E-state index contributed by atoms with van der Waals surface area (Å²) in [5.41, 5.74) is 0.776. The van der Waals surface area contributed by atoms with Crippen LogP contribution >= 0.6 is 0 Å². The molecule has 1 amide bonds. The maximum atomic E-state index is 14.0. The van der Waals surface area contributed by atoms with Gasteiger partial charge in [-0.05, 0) is 56.7 Å². The van der Waals surface area contributed by atoms with Gasteiger partial charge in [0.05, 0.1) is 6.54 Å². The molecule has 2 saturated heterocycles. The summed E-state index contributed by atoms with van der Waals surface area (Å²) in [6.07, 6.45) is 7.04. The number of aliphatic imine (C=N–C) groups is 1. The Kier molecular flexibility index (Phi) is 7.66. The van der Waals surface area contributed by atoms with Gasteiger partial charge in [0.25, 0.3) is 0 Å². The second kappa shape index (κ2) is 10.6. The smallest absolute Gasteiger partial charge is 0.225 e. The van der Waals surface area contributed by atoms with Gasteiger partial charge in [0, 0.05) is 50.2 Å². The van der Waals surface area contributed by atoms with Crippen molar-refractivity contribution < 1.29 is 13.9 Å². The van der Waals surface area contributed by atoms with Crippen LogP contribution in [0.2, 0.25) is 0 Å². The minimum Gasteiger partial charge on any atom is -0.381 e. The van der Waals surface area contributed by atoms with Crippen LogP contribution in [0.5, 0.6) is 0 Å². The Morgan fingerprint density at radius 3 is 2.75 bits per heavy atom. The van der Waals surface area contributed by atoms with Crippen molar-refractivity contribution in [3.8, 4) is 0 Å². The first kappa shape index (κ1) is 23.0. The van der Waals surface area contributed by atoms with Gasteiger partial charge in [0.2, 0.25) is 5.91 Å². The van der Waals surface area contributed by atoms with Crippen molar-refractivity contribution in [2.45, 2.75) is 63.3 Å². The van der Waals surface area contributed by atoms with Crippen LogP contribution in [-0.4, -0.2) is 62.2 Å². The summed E-state index contributed by atoms with van der Waals surface area (Å²) < 4.78 is 19.6. The number of rotatable bonds is 6. The zero-order chi connectivity index (χ0) is 22.4. The second-order valence-corrected chi connectivity index (χ2v) is 9.49. The fourth-order valence-corrected chi connectivity index (χ4v) is 5.37. The van der Waals surface area contributed by atoms with Gasteiger partial charge in [-0.3, -0.25) is 9.79 Å². The van der Waals surface area contributed by atoms with E-state index in [2.05, 4.69) is 17.6 Å². The van der Waals surface area contributed by atoms with E-state index >= 15 is 0 Å². The zero-order valence-electron chi connectivity index (χ0n) is 19.2. The number of carbonyl (C=O) groups is 1. The summed E-state index contributed by atoms with van der Waals surface area (Å²) in [6.45, 7) is 6.28. The first-order valence-electron chi connectivity index (χ1n) is 12.3. The molecule has 1 aromatic rings. The molecule has 1 aromatic carbocycles. The average molecular weight is 445 g/mol. The highest BCUT2D eigenvalue weighted by Crippen LogP contribution is 2.35. The SMILES string of the molecule is CCNC(=NCC1(c2cccc(F)c2)CCOCC1)NC1CCN(C(=O)C2CCCC2)C1. The van der Waals surface area contributed by atoms with Gasteiger partial charge in [-0.2, -0.15) is 0 Å². The molecular weight excluding hydrogens is 407 g/mol. The largest absolute Gasteiger partial charge is 0.381 e. The van der Waals surface area contributed by atoms with Crippen LogP contribution in [0.4, 0.5) is 4.39 Å². The maximum Gasteiger partial charge on any atom is 0.225 e. The van der Waals surface area contributed by atoms with E-state index in [4.69, 9.17) is 9.73 Å². The lowest BCUT2D eigenvalue weighted by Crippen LogP contribution is -2.46. The first-order valence-corrected chi connectivity index (χ1v) is 12.3. The summed E-state index contributed by atoms with van der Waals surface area (Å²) >= 11 is 0. The Hall–Kier alpha value is -2.15. The van der Waals surface area contributed by atoms with Crippen molar-refractivity contribution in [2.75, 3.05) is 39.4 Å². The molecule has 0 aromatic heterocycles. The molecule has 0 bridgehead atoms. The molecule has 7 heteroatoms. The number of carbonyl (C=O) groups excluding carboxylic acids is 1. The lowest BCUT2D eigenvalue weighted by Gasteiger charge is -2.36. The molecule has 1 saturated carbocycles. The van der Waals surface area contributed by atoms with Crippen LogP contribution in [0, 0.1) is 11.7 Å². The fourth-order valence-electron chi connectivity index (χ4n) is 5.37. The van der Waals surface area contributed by atoms with Crippen molar-refractivity contribution in [3.63, 3.8) is 0 Å². The van der Waals surface area contributed by atoms with Crippen LogP contribution in [0.25, 0.3) is 0 Å². The molecule has 3 aliphatic rings. The number of likely N-dealkylation sites (tertiary alicyclic amines) is 1. The number of guanidine groups is 1. The molecule has 2 heterocycles. The predicted octanol–water partition coefficient (Wildman–Crippen LogP) is 3.22. The number of benzene rings is 1. The molecule has 1 unspecified atom stereocenters. The van der Waals surface area contributed by atoms with Gasteiger partial charge in [0.1, 0.15) is 5.82 Å². The van der Waals surface area contributed by atoms with Crippen molar-refractivity contribution in [2.24, 2.45) is 10.9 Å². The Balaban J connectivity index is 1.42. The predicted molar refractivity (Wildman–Crippen MR) is 124 cm³/mol. The van der Waals surface area contributed by atoms with Crippen LogP contribution in [0.1, 0.15) is 57.4 Å². The van der Waals surface area contributed by atoms with E-state index in [1.165, 1.54) is 18.9 Å². The van der Waals surface area contributed by atoms with E-state index in [0.29, 0.717) is 25.7 Å². The lowest BCUT2D eigenvalue weighted by molar-refractivity contribution is -0.134. The average Bonchev–Trinajstić information content (AvgIpc) is 3.50. The second-order valence-electron chi connectivity index (χ2n) is 9.49. The molecular formula is C25H37FN4O2. The maximum absolute atomic E-state index is 14.0. The van der Waals surface area contributed by atoms with E-state index in [0.717, 1.165) is 63.3 Å². The molecule has 32 heavy (non-hydrogen) atoms. The van der Waals surface area contributed by atoms with E-state index in [1.807, 2.05) is 11.0 Å². The normalized spacial score (nSPS) is 24.0. The Labute approximate surface area is 191 Å². The zero-order valence-corrected chi connectivity index (χ0v) is 19.2. The summed E-state index contributed by atoms with van der Waals surface area (Å²) in [5.74, 6) is 1.13. The molecule has 6 nitrogen and oxygen atoms in total. The van der Waals surface area contributed by atoms with Gasteiger partial charge >= 0.3 is 0 Å². The van der Waals surface area contributed by atoms with Gasteiger partial charge < -0.3 is 20.3 Å². The number of ether oxygens (including phenoxy) is 1. The van der Waals surface area contributed by atoms with Crippen LogP contribution in [0.15, 0.2) is 29.3 Å². The van der Waals surface area contributed by atoms with Crippen molar-refractivity contribution >= 4 is 11.9 Å². The number of nitrogens with one attached hydrogen (secondary N) is 2. The van der Waals surface area contributed by atoms with E-state index in [1.54, 1.807) is 12.1 Å². The van der Waals surface area contributed by atoms with Crippen molar-refractivity contribution in [3.05, 3.63) is 35.6 Å². The highest BCUT2D eigenvalue weighted by Gasteiger charge is 2.35. The van der Waals surface area contributed by atoms with Crippen LogP contribution < -0.4 is 10.6 Å². The highest BCUT2D eigenvalue weighted by molar-refractivity contribution is 5.81. The van der Waals surface area contributed by atoms with Crippen molar-refractivity contribution in [1.29, 1.82) is 0 Å². The summed E-state index contributed by atoms with van der Waals surface area (Å²) in [6, 6.07) is 7.13. The fraction of sp³-hybridized carbons (Fsp3) is 0.680. The van der Waals surface area contributed by atoms with Crippen molar-refractivity contribution in [1.82, 2.24) is 15.5 Å². The third-order valence-corrected chi connectivity index (χ3v) is 7.32. The van der Waals surface area contributed by atoms with Gasteiger partial charge in [-0.25, -0.2) is 4.39 Å². The molecule has 2 N–H and O–H groups in total. The minimum atomic E-state index is -0.219.